The van der Waals surface area contributed by atoms with Crippen LogP contribution >= 0.6 is 0 Å². The molecule has 0 aliphatic heterocycles. The Morgan fingerprint density at radius 2 is 1.72 bits per heavy atom. The number of alkyl halides is 6. The van der Waals surface area contributed by atoms with Crippen LogP contribution in [0.5, 0.6) is 5.75 Å². The van der Waals surface area contributed by atoms with Crippen LogP contribution in [0.4, 0.5) is 26.3 Å². The smallest absolute Gasteiger partial charge is 0.284 e. The van der Waals surface area contributed by atoms with Gasteiger partial charge in [0.2, 0.25) is 0 Å². The molecular weight excluding hydrogens is 400 g/mol. The summed E-state index contributed by atoms with van der Waals surface area (Å²) in [5.41, 5.74) is 2.36. The average Bonchev–Trinajstić information content (AvgIpc) is 2.66. The van der Waals surface area contributed by atoms with E-state index in [0.717, 1.165) is 25.3 Å². The molecule has 2 N–H and O–H groups in total. The Bertz CT molecular complexity index is 842. The molecule has 0 aliphatic carbocycles. The van der Waals surface area contributed by atoms with Crippen molar-refractivity contribution in [3.8, 4) is 17.0 Å². The summed E-state index contributed by atoms with van der Waals surface area (Å²) in [6.07, 6.45) is -4.81. The predicted molar refractivity (Wildman–Crippen MR) is 95.3 cm³/mol. The zero-order valence-electron chi connectivity index (χ0n) is 16.0. The van der Waals surface area contributed by atoms with Gasteiger partial charge in [0.25, 0.3) is 18.8 Å². The lowest BCUT2D eigenvalue weighted by atomic mass is 9.87. The van der Waals surface area contributed by atoms with Gasteiger partial charge in [0.05, 0.1) is 5.69 Å². The van der Waals surface area contributed by atoms with E-state index in [0.29, 0.717) is 0 Å². The van der Waals surface area contributed by atoms with Crippen LogP contribution in [0.2, 0.25) is 0 Å². The molecule has 29 heavy (non-hydrogen) atoms. The van der Waals surface area contributed by atoms with Gasteiger partial charge in [-0.25, -0.2) is 31.3 Å². The van der Waals surface area contributed by atoms with Crippen molar-refractivity contribution in [2.75, 3.05) is 6.61 Å². The number of hydrogen-bond donors (Lipinski definition) is 1. The Morgan fingerprint density at radius 1 is 1.07 bits per heavy atom. The van der Waals surface area contributed by atoms with Crippen molar-refractivity contribution >= 4 is 0 Å². The van der Waals surface area contributed by atoms with E-state index < -0.39 is 54.0 Å². The summed E-state index contributed by atoms with van der Waals surface area (Å²) in [5, 5.41) is 0. The second-order valence-electron chi connectivity index (χ2n) is 7.13. The molecule has 1 atom stereocenters. The summed E-state index contributed by atoms with van der Waals surface area (Å²) >= 11 is 0. The van der Waals surface area contributed by atoms with Gasteiger partial charge in [0.15, 0.2) is 0 Å². The second kappa shape index (κ2) is 8.56. The van der Waals surface area contributed by atoms with E-state index in [-0.39, 0.29) is 11.3 Å². The molecule has 0 saturated heterocycles. The molecule has 0 saturated carbocycles. The van der Waals surface area contributed by atoms with Crippen LogP contribution in [0.25, 0.3) is 11.3 Å². The van der Waals surface area contributed by atoms with Gasteiger partial charge in [-0.1, -0.05) is 13.8 Å². The molecule has 0 amide bonds. The first kappa shape index (κ1) is 22.9. The molecule has 4 nitrogen and oxygen atoms in total. The van der Waals surface area contributed by atoms with Gasteiger partial charge in [-0.2, -0.15) is 0 Å². The average molecular weight is 421 g/mol. The Morgan fingerprint density at radius 3 is 2.28 bits per heavy atom. The van der Waals surface area contributed by atoms with Crippen molar-refractivity contribution in [2.24, 2.45) is 11.7 Å². The number of nitrogens with two attached hydrogens (primary N) is 1. The lowest BCUT2D eigenvalue weighted by Gasteiger charge is -2.36. The van der Waals surface area contributed by atoms with Gasteiger partial charge in [0.1, 0.15) is 29.3 Å². The number of nitrogens with zero attached hydrogens (tertiary/aromatic N) is 2. The molecule has 0 bridgehead atoms. The quantitative estimate of drug-likeness (QED) is 0.580. The molecule has 0 fully saturated rings. The summed E-state index contributed by atoms with van der Waals surface area (Å²) < 4.78 is 86.2. The van der Waals surface area contributed by atoms with Crippen molar-refractivity contribution in [1.82, 2.24) is 9.97 Å². The van der Waals surface area contributed by atoms with Crippen molar-refractivity contribution in [3.63, 3.8) is 0 Å². The molecule has 0 unspecified atom stereocenters. The van der Waals surface area contributed by atoms with Crippen molar-refractivity contribution < 1.29 is 31.1 Å². The second-order valence-corrected chi connectivity index (χ2v) is 7.13. The molecule has 0 aliphatic rings. The van der Waals surface area contributed by atoms with Crippen molar-refractivity contribution in [2.45, 2.75) is 45.1 Å². The van der Waals surface area contributed by atoms with Crippen LogP contribution in [0.1, 0.15) is 45.0 Å². The maximum Gasteiger partial charge on any atom is 0.284 e. The predicted octanol–water partition coefficient (Wildman–Crippen LogP) is 5.41. The summed E-state index contributed by atoms with van der Waals surface area (Å²) in [4.78, 5) is 7.26. The first-order valence-electron chi connectivity index (χ1n) is 8.70. The van der Waals surface area contributed by atoms with Gasteiger partial charge in [0, 0.05) is 17.7 Å². The van der Waals surface area contributed by atoms with E-state index in [1.54, 1.807) is 0 Å². The fourth-order valence-electron chi connectivity index (χ4n) is 2.61. The third-order valence-corrected chi connectivity index (χ3v) is 4.41. The largest absolute Gasteiger partial charge is 0.489 e. The van der Waals surface area contributed by atoms with Gasteiger partial charge in [-0.3, -0.25) is 4.98 Å². The van der Waals surface area contributed by atoms with Crippen molar-refractivity contribution in [1.29, 1.82) is 0 Å². The molecule has 0 radical (unpaired) electrons. The van der Waals surface area contributed by atoms with Crippen molar-refractivity contribution in [3.05, 3.63) is 41.9 Å². The zero-order chi connectivity index (χ0) is 22.0. The number of pyridine rings is 2. The Balaban J connectivity index is 2.32. The Kier molecular flexibility index (Phi) is 6.77. The van der Waals surface area contributed by atoms with E-state index >= 15 is 0 Å². The van der Waals surface area contributed by atoms with Crippen LogP contribution in [0.15, 0.2) is 30.5 Å². The van der Waals surface area contributed by atoms with E-state index in [1.165, 1.54) is 26.0 Å². The molecule has 2 heterocycles. The molecule has 0 spiro atoms. The van der Waals surface area contributed by atoms with Gasteiger partial charge >= 0.3 is 0 Å². The lowest BCUT2D eigenvalue weighted by molar-refractivity contribution is -0.117. The molecule has 160 valence electrons. The monoisotopic (exact) mass is 421 g/mol. The first-order chi connectivity index (χ1) is 13.4. The fraction of sp³-hybridized carbons (Fsp3) is 0.474. The Labute approximate surface area is 164 Å². The Hall–Kier alpha value is -2.36. The summed E-state index contributed by atoms with van der Waals surface area (Å²) in [6.45, 7) is 2.91. The molecule has 10 heteroatoms. The van der Waals surface area contributed by atoms with Crippen LogP contribution in [0.3, 0.4) is 0 Å². The number of halogens is 6. The fourth-order valence-corrected chi connectivity index (χ4v) is 2.61. The number of hydrogen-bond acceptors (Lipinski definition) is 4. The van der Waals surface area contributed by atoms with E-state index in [1.807, 2.05) is 0 Å². The summed E-state index contributed by atoms with van der Waals surface area (Å²) in [7, 11) is 0. The van der Waals surface area contributed by atoms with Gasteiger partial charge in [-0.05, 0) is 31.2 Å². The van der Waals surface area contributed by atoms with Crippen LogP contribution in [-0.2, 0) is 0 Å². The SMILES string of the molecule is CC(C)C(F)(F)[C@](C)(N)COc1ccc(-c2ccnc(C(F)F)c2)nc1C(F)F. The van der Waals surface area contributed by atoms with E-state index in [4.69, 9.17) is 10.5 Å². The maximum absolute atomic E-state index is 14.2. The summed E-state index contributed by atoms with van der Waals surface area (Å²) in [6, 6.07) is 4.75. The molecule has 0 aromatic carbocycles. The van der Waals surface area contributed by atoms with E-state index in [2.05, 4.69) is 9.97 Å². The van der Waals surface area contributed by atoms with Crippen LogP contribution < -0.4 is 10.5 Å². The molecule has 2 rings (SSSR count). The van der Waals surface area contributed by atoms with Gasteiger partial charge < -0.3 is 10.5 Å². The highest BCUT2D eigenvalue weighted by atomic mass is 19.3. The highest BCUT2D eigenvalue weighted by Crippen LogP contribution is 2.36. The zero-order valence-corrected chi connectivity index (χ0v) is 16.0. The van der Waals surface area contributed by atoms with Crippen LogP contribution in [0, 0.1) is 5.92 Å². The van der Waals surface area contributed by atoms with Crippen LogP contribution in [-0.4, -0.2) is 28.0 Å². The minimum absolute atomic E-state index is 0.0139. The first-order valence-corrected chi connectivity index (χ1v) is 8.70. The number of ether oxygens (including phenoxy) is 1. The minimum atomic E-state index is -3.31. The standard InChI is InChI=1S/C19H21F6N3O/c1-10(2)19(24,25)18(3,26)9-29-14-5-4-12(28-15(14)17(22)23)11-6-7-27-13(8-11)16(20)21/h4-8,10,16-17H,9,26H2,1-3H3/t18-/m1/s1. The third-order valence-electron chi connectivity index (χ3n) is 4.41. The highest BCUT2D eigenvalue weighted by Gasteiger charge is 2.50. The molecule has 2 aromatic heterocycles. The minimum Gasteiger partial charge on any atom is -0.489 e. The molecule has 2 aromatic rings. The maximum atomic E-state index is 14.2. The highest BCUT2D eigenvalue weighted by molar-refractivity contribution is 5.60. The van der Waals surface area contributed by atoms with Gasteiger partial charge in [-0.15, -0.1) is 0 Å². The normalized spacial score (nSPS) is 14.5. The summed E-state index contributed by atoms with van der Waals surface area (Å²) in [5.74, 6) is -4.82. The topological polar surface area (TPSA) is 61.0 Å². The third kappa shape index (κ3) is 4.98. The van der Waals surface area contributed by atoms with E-state index in [9.17, 15) is 26.3 Å². The lowest BCUT2D eigenvalue weighted by Crippen LogP contribution is -2.59. The number of rotatable bonds is 8. The number of aromatic nitrogens is 2. The molecular formula is C19H21F6N3O.